The number of nitrogens with zero attached hydrogens (tertiary/aromatic N) is 2. The van der Waals surface area contributed by atoms with Gasteiger partial charge in [0.15, 0.2) is 6.10 Å². The molecule has 2 aliphatic heterocycles. The van der Waals surface area contributed by atoms with Crippen molar-refractivity contribution in [3.63, 3.8) is 0 Å². The summed E-state index contributed by atoms with van der Waals surface area (Å²) in [5, 5.41) is 0. The molecule has 2 aromatic rings. The average Bonchev–Trinajstić information content (AvgIpc) is 2.78. The second-order valence-electron chi connectivity index (χ2n) is 7.16. The lowest BCUT2D eigenvalue weighted by Gasteiger charge is -2.36. The van der Waals surface area contributed by atoms with Crippen molar-refractivity contribution in [3.8, 4) is 5.75 Å². The fourth-order valence-corrected chi connectivity index (χ4v) is 5.14. The summed E-state index contributed by atoms with van der Waals surface area (Å²) in [4.78, 5) is 26.8. The maximum Gasteiger partial charge on any atom is 0.339 e. The maximum atomic E-state index is 12.9. The first kappa shape index (κ1) is 20.4. The highest BCUT2D eigenvalue weighted by molar-refractivity contribution is 7.89. The van der Waals surface area contributed by atoms with Crippen LogP contribution in [0, 0.1) is 0 Å². The van der Waals surface area contributed by atoms with Gasteiger partial charge in [0.05, 0.1) is 17.6 Å². The van der Waals surface area contributed by atoms with Gasteiger partial charge in [-0.05, 0) is 35.9 Å². The highest BCUT2D eigenvalue weighted by Crippen LogP contribution is 2.24. The van der Waals surface area contributed by atoms with Crippen LogP contribution in [0.15, 0.2) is 53.4 Å². The van der Waals surface area contributed by atoms with E-state index in [4.69, 9.17) is 9.47 Å². The molecule has 0 aromatic heterocycles. The number of hydrogen-bond acceptors (Lipinski definition) is 6. The second kappa shape index (κ2) is 8.08. The summed E-state index contributed by atoms with van der Waals surface area (Å²) in [5.41, 5.74) is 1.27. The van der Waals surface area contributed by atoms with Gasteiger partial charge in [-0.15, -0.1) is 0 Å². The number of cyclic esters (lactones) is 1. The SMILES string of the molecule is COc1ccc(S(=O)(=O)N2CCN(C(=O)C3Cc4ccccc4C(=O)O3)CC2)cc1. The van der Waals surface area contributed by atoms with E-state index in [1.165, 1.54) is 23.5 Å². The highest BCUT2D eigenvalue weighted by Gasteiger charge is 2.36. The quantitative estimate of drug-likeness (QED) is 0.679. The summed E-state index contributed by atoms with van der Waals surface area (Å²) < 4.78 is 37.5. The predicted octanol–water partition coefficient (Wildman–Crippen LogP) is 1.31. The summed E-state index contributed by atoms with van der Waals surface area (Å²) >= 11 is 0. The fourth-order valence-electron chi connectivity index (χ4n) is 3.72. The van der Waals surface area contributed by atoms with Crippen molar-refractivity contribution in [2.24, 2.45) is 0 Å². The first-order valence-electron chi connectivity index (χ1n) is 9.62. The molecule has 1 saturated heterocycles. The number of ether oxygens (including phenoxy) is 2. The maximum absolute atomic E-state index is 12.9. The van der Waals surface area contributed by atoms with Crippen molar-refractivity contribution in [2.45, 2.75) is 17.4 Å². The molecule has 0 spiro atoms. The van der Waals surface area contributed by atoms with E-state index in [9.17, 15) is 18.0 Å². The third kappa shape index (κ3) is 3.78. The number of carbonyl (C=O) groups excluding carboxylic acids is 2. The van der Waals surface area contributed by atoms with Gasteiger partial charge in [0.1, 0.15) is 5.75 Å². The lowest BCUT2D eigenvalue weighted by atomic mass is 9.98. The zero-order valence-corrected chi connectivity index (χ0v) is 17.3. The Morgan fingerprint density at radius 3 is 2.37 bits per heavy atom. The highest BCUT2D eigenvalue weighted by atomic mass is 32.2. The molecule has 8 nitrogen and oxygen atoms in total. The molecule has 158 valence electrons. The van der Waals surface area contributed by atoms with Crippen LogP contribution < -0.4 is 4.74 Å². The van der Waals surface area contributed by atoms with E-state index in [0.29, 0.717) is 17.7 Å². The number of hydrogen-bond donors (Lipinski definition) is 0. The van der Waals surface area contributed by atoms with Gasteiger partial charge in [-0.2, -0.15) is 4.31 Å². The molecule has 0 N–H and O–H groups in total. The molecule has 0 radical (unpaired) electrons. The zero-order chi connectivity index (χ0) is 21.3. The number of carbonyl (C=O) groups is 2. The Morgan fingerprint density at radius 2 is 1.70 bits per heavy atom. The summed E-state index contributed by atoms with van der Waals surface area (Å²) in [6, 6.07) is 13.3. The van der Waals surface area contributed by atoms with E-state index in [1.54, 1.807) is 29.2 Å². The van der Waals surface area contributed by atoms with Crippen molar-refractivity contribution in [1.29, 1.82) is 0 Å². The van der Waals surface area contributed by atoms with Crippen LogP contribution in [0.25, 0.3) is 0 Å². The molecular formula is C21H22N2O6S. The van der Waals surface area contributed by atoms with Gasteiger partial charge in [-0.3, -0.25) is 4.79 Å². The minimum absolute atomic E-state index is 0.178. The third-order valence-electron chi connectivity index (χ3n) is 5.41. The van der Waals surface area contributed by atoms with E-state index in [-0.39, 0.29) is 37.0 Å². The molecule has 2 heterocycles. The Kier molecular flexibility index (Phi) is 5.48. The van der Waals surface area contributed by atoms with E-state index in [0.717, 1.165) is 5.56 Å². The molecule has 0 aliphatic carbocycles. The number of amides is 1. The molecule has 4 rings (SSSR count). The molecule has 2 aromatic carbocycles. The van der Waals surface area contributed by atoms with Crippen LogP contribution in [0.2, 0.25) is 0 Å². The molecule has 0 bridgehead atoms. The standard InChI is InChI=1S/C21H22N2O6S/c1-28-16-6-8-17(9-7-16)30(26,27)23-12-10-22(11-13-23)20(24)19-14-15-4-2-3-5-18(15)21(25)29-19/h2-9,19H,10-14H2,1H3. The normalized spacial score (nSPS) is 19.7. The topological polar surface area (TPSA) is 93.2 Å². The van der Waals surface area contributed by atoms with Crippen molar-refractivity contribution in [2.75, 3.05) is 33.3 Å². The fraction of sp³-hybridized carbons (Fsp3) is 0.333. The van der Waals surface area contributed by atoms with E-state index in [2.05, 4.69) is 0 Å². The second-order valence-corrected chi connectivity index (χ2v) is 9.10. The molecule has 30 heavy (non-hydrogen) atoms. The van der Waals surface area contributed by atoms with Crippen molar-refractivity contribution in [3.05, 3.63) is 59.7 Å². The van der Waals surface area contributed by atoms with Crippen molar-refractivity contribution >= 4 is 21.9 Å². The van der Waals surface area contributed by atoms with Gasteiger partial charge in [-0.1, -0.05) is 18.2 Å². The summed E-state index contributed by atoms with van der Waals surface area (Å²) in [6.07, 6.45) is -0.553. The van der Waals surface area contributed by atoms with Crippen LogP contribution >= 0.6 is 0 Å². The van der Waals surface area contributed by atoms with Crippen molar-refractivity contribution < 1.29 is 27.5 Å². The average molecular weight is 430 g/mol. The number of rotatable bonds is 4. The van der Waals surface area contributed by atoms with Crippen LogP contribution in [0.4, 0.5) is 0 Å². The number of piperazine rings is 1. The van der Waals surface area contributed by atoms with Gasteiger partial charge >= 0.3 is 5.97 Å². The summed E-state index contributed by atoms with van der Waals surface area (Å²) in [7, 11) is -2.14. The smallest absolute Gasteiger partial charge is 0.339 e. The van der Waals surface area contributed by atoms with Crippen LogP contribution in [0.5, 0.6) is 5.75 Å². The van der Waals surface area contributed by atoms with Gasteiger partial charge in [0.25, 0.3) is 5.91 Å². The van der Waals surface area contributed by atoms with Gasteiger partial charge in [0.2, 0.25) is 10.0 Å². The Bertz CT molecular complexity index is 1060. The summed E-state index contributed by atoms with van der Waals surface area (Å²) in [6.45, 7) is 0.836. The third-order valence-corrected chi connectivity index (χ3v) is 7.33. The number of esters is 1. The largest absolute Gasteiger partial charge is 0.497 e. The Balaban J connectivity index is 1.40. The molecular weight excluding hydrogens is 408 g/mol. The minimum atomic E-state index is -3.66. The van der Waals surface area contributed by atoms with E-state index < -0.39 is 22.1 Å². The van der Waals surface area contributed by atoms with Crippen LogP contribution in [0.3, 0.4) is 0 Å². The molecule has 9 heteroatoms. The zero-order valence-electron chi connectivity index (χ0n) is 16.5. The number of benzene rings is 2. The molecule has 1 fully saturated rings. The Morgan fingerprint density at radius 1 is 1.03 bits per heavy atom. The molecule has 0 saturated carbocycles. The van der Waals surface area contributed by atoms with Crippen LogP contribution in [-0.2, 0) is 26.0 Å². The van der Waals surface area contributed by atoms with Gasteiger partial charge in [-0.25, -0.2) is 13.2 Å². The number of fused-ring (bicyclic) bond motifs is 1. The van der Waals surface area contributed by atoms with Gasteiger partial charge in [0, 0.05) is 32.6 Å². The monoisotopic (exact) mass is 430 g/mol. The molecule has 1 amide bonds. The summed E-state index contributed by atoms with van der Waals surface area (Å²) in [5.74, 6) is -0.219. The molecule has 1 atom stereocenters. The van der Waals surface area contributed by atoms with Crippen LogP contribution in [-0.4, -0.2) is 68.9 Å². The van der Waals surface area contributed by atoms with E-state index in [1.807, 2.05) is 12.1 Å². The Hall–Kier alpha value is -2.91. The number of sulfonamides is 1. The van der Waals surface area contributed by atoms with Crippen molar-refractivity contribution in [1.82, 2.24) is 9.21 Å². The molecule has 1 unspecified atom stereocenters. The molecule has 2 aliphatic rings. The first-order chi connectivity index (χ1) is 14.4. The van der Waals surface area contributed by atoms with E-state index >= 15 is 0 Å². The minimum Gasteiger partial charge on any atom is -0.497 e. The first-order valence-corrected chi connectivity index (χ1v) is 11.1. The number of methoxy groups -OCH3 is 1. The lowest BCUT2D eigenvalue weighted by Crippen LogP contribution is -2.54. The van der Waals surface area contributed by atoms with Crippen LogP contribution in [0.1, 0.15) is 15.9 Å². The Labute approximate surface area is 175 Å². The van der Waals surface area contributed by atoms with Gasteiger partial charge < -0.3 is 14.4 Å². The predicted molar refractivity (Wildman–Crippen MR) is 108 cm³/mol. The lowest BCUT2D eigenvalue weighted by molar-refractivity contribution is -0.142.